The van der Waals surface area contributed by atoms with E-state index in [0.717, 1.165) is 0 Å². The van der Waals surface area contributed by atoms with E-state index in [1.54, 1.807) is 4.73 Å². The van der Waals surface area contributed by atoms with Crippen molar-refractivity contribution in [1.29, 1.82) is 0 Å². The molecule has 6 heteroatoms. The summed E-state index contributed by atoms with van der Waals surface area (Å²) >= 11 is 0. The minimum absolute atomic E-state index is 0.154. The highest BCUT2D eigenvalue weighted by atomic mass is 29.9. The van der Waals surface area contributed by atoms with Gasteiger partial charge in [0.25, 0.3) is 0 Å². The molecule has 0 heterocycles. The molecule has 0 amide bonds. The van der Waals surface area contributed by atoms with Crippen molar-refractivity contribution < 1.29 is 5.21 Å². The van der Waals surface area contributed by atoms with Crippen LogP contribution in [0, 0.1) is 0 Å². The summed E-state index contributed by atoms with van der Waals surface area (Å²) in [6, 6.07) is 0.154. The minimum Gasteiger partial charge on any atom is -0.186 e. The molecule has 0 spiro atoms. The van der Waals surface area contributed by atoms with E-state index in [1.165, 1.54) is 0 Å². The van der Waals surface area contributed by atoms with Gasteiger partial charge in [-0.15, -0.1) is 5.21 Å². The van der Waals surface area contributed by atoms with E-state index in [-0.39, 0.29) is 6.04 Å². The molecular weight excluding hydrogens is 286 g/mol. The molecule has 0 N–H and O–H groups in total. The average molecular weight is 321 g/mol. The van der Waals surface area contributed by atoms with Gasteiger partial charge in [-0.1, -0.05) is 58.9 Å². The monoisotopic (exact) mass is 320 g/mol. The lowest BCUT2D eigenvalue weighted by molar-refractivity contribution is -0.102. The van der Waals surface area contributed by atoms with Gasteiger partial charge in [-0.05, 0) is 13.8 Å². The number of hydroxylamine groups is 1. The molecular formula is C12H34NOSi4. The van der Waals surface area contributed by atoms with Crippen molar-refractivity contribution in [1.82, 2.24) is 4.73 Å². The van der Waals surface area contributed by atoms with Gasteiger partial charge in [0, 0.05) is 6.04 Å². The highest BCUT2D eigenvalue weighted by molar-refractivity contribution is 7.88. The Kier molecular flexibility index (Phi) is 5.52. The predicted molar refractivity (Wildman–Crippen MR) is 93.5 cm³/mol. The molecule has 0 rings (SSSR count). The topological polar surface area (TPSA) is 23.1 Å². The number of rotatable bonds is 5. The molecule has 0 aromatic heterocycles. The van der Waals surface area contributed by atoms with E-state index in [4.69, 9.17) is 0 Å². The molecule has 18 heavy (non-hydrogen) atoms. The number of hydrogen-bond acceptors (Lipinski definition) is 1. The molecule has 0 unspecified atom stereocenters. The summed E-state index contributed by atoms with van der Waals surface area (Å²) in [4.78, 5) is 0. The summed E-state index contributed by atoms with van der Waals surface area (Å²) in [6.07, 6.45) is 0. The lowest BCUT2D eigenvalue weighted by atomic mass is 10.4. The van der Waals surface area contributed by atoms with E-state index < -0.39 is 29.6 Å². The second-order valence-electron chi connectivity index (χ2n) is 8.88. The van der Waals surface area contributed by atoms with Crippen LogP contribution in [0.3, 0.4) is 0 Å². The van der Waals surface area contributed by atoms with E-state index in [0.29, 0.717) is 0 Å². The van der Waals surface area contributed by atoms with Crippen LogP contribution in [0.4, 0.5) is 0 Å². The summed E-state index contributed by atoms with van der Waals surface area (Å²) < 4.78 is 1.68. The molecule has 0 aliphatic carbocycles. The fraction of sp³-hybridized carbons (Fsp3) is 1.00. The van der Waals surface area contributed by atoms with Crippen LogP contribution in [0.5, 0.6) is 0 Å². The zero-order chi connectivity index (χ0) is 15.2. The molecule has 0 atom stereocenters. The molecule has 2 nitrogen and oxygen atoms in total. The number of nitrogens with zero attached hydrogens (tertiary/aromatic N) is 1. The van der Waals surface area contributed by atoms with E-state index in [9.17, 15) is 5.21 Å². The molecule has 0 aromatic rings. The van der Waals surface area contributed by atoms with Gasteiger partial charge in [0.15, 0.2) is 0 Å². The van der Waals surface area contributed by atoms with Crippen LogP contribution in [0.25, 0.3) is 0 Å². The first-order valence-electron chi connectivity index (χ1n) is 7.07. The van der Waals surface area contributed by atoms with Crippen molar-refractivity contribution in [2.75, 3.05) is 0 Å². The smallest absolute Gasteiger partial charge is 0.137 e. The van der Waals surface area contributed by atoms with Gasteiger partial charge in [0.2, 0.25) is 0 Å². The maximum atomic E-state index is 13.2. The summed E-state index contributed by atoms with van der Waals surface area (Å²) in [6.45, 7) is 24.5. The van der Waals surface area contributed by atoms with Gasteiger partial charge in [0.1, 0.15) is 6.79 Å². The molecule has 0 bridgehead atoms. The Balaban J connectivity index is 6.27. The highest BCUT2D eigenvalue weighted by Crippen LogP contribution is 2.39. The molecule has 1 radical (unpaired) electrons. The van der Waals surface area contributed by atoms with Crippen LogP contribution in [0.2, 0.25) is 58.9 Å². The van der Waals surface area contributed by atoms with Crippen molar-refractivity contribution in [2.24, 2.45) is 0 Å². The first-order chi connectivity index (χ1) is 7.60. The van der Waals surface area contributed by atoms with Crippen LogP contribution in [0.15, 0.2) is 0 Å². The Bertz CT molecular complexity index is 250. The normalized spacial score (nSPS) is 15.7. The Morgan fingerprint density at radius 3 is 0.944 bits per heavy atom. The van der Waals surface area contributed by atoms with Gasteiger partial charge in [-0.2, -0.15) is 4.73 Å². The maximum Gasteiger partial charge on any atom is 0.137 e. The lowest BCUT2D eigenvalue weighted by Gasteiger charge is -2.60. The van der Waals surface area contributed by atoms with Crippen molar-refractivity contribution in [3.63, 3.8) is 0 Å². The van der Waals surface area contributed by atoms with Crippen molar-refractivity contribution in [3.05, 3.63) is 0 Å². The molecule has 0 aromatic carbocycles. The van der Waals surface area contributed by atoms with Gasteiger partial charge < -0.3 is 0 Å². The Hall–Kier alpha value is 0.788. The van der Waals surface area contributed by atoms with Crippen molar-refractivity contribution in [3.8, 4) is 0 Å². The fourth-order valence-corrected chi connectivity index (χ4v) is 104. The lowest BCUT2D eigenvalue weighted by Crippen LogP contribution is -2.89. The Morgan fingerprint density at radius 2 is 0.889 bits per heavy atom. The highest BCUT2D eigenvalue weighted by Gasteiger charge is 2.66. The van der Waals surface area contributed by atoms with Crippen LogP contribution < -0.4 is 0 Å². The van der Waals surface area contributed by atoms with Crippen LogP contribution in [-0.4, -0.2) is 40.3 Å². The Labute approximate surface area is 118 Å². The third-order valence-electron chi connectivity index (χ3n) is 4.06. The van der Waals surface area contributed by atoms with Gasteiger partial charge in [0.05, 0.1) is 22.8 Å². The van der Waals surface area contributed by atoms with E-state index in [2.05, 4.69) is 72.8 Å². The van der Waals surface area contributed by atoms with Crippen LogP contribution >= 0.6 is 0 Å². The SMILES string of the molecule is CC(C)N([O])[Si]([Si](C)(C)C)([Si](C)(C)C)[Si](C)(C)C. The van der Waals surface area contributed by atoms with E-state index >= 15 is 0 Å². The summed E-state index contributed by atoms with van der Waals surface area (Å²) in [5, 5.41) is 13.2. The quantitative estimate of drug-likeness (QED) is 0.549. The zero-order valence-electron chi connectivity index (χ0n) is 14.4. The van der Waals surface area contributed by atoms with Gasteiger partial charge in [-0.3, -0.25) is 0 Å². The predicted octanol–water partition coefficient (Wildman–Crippen LogP) is 4.24. The summed E-state index contributed by atoms with van der Waals surface area (Å²) in [5.74, 6) is 0. The molecule has 0 saturated heterocycles. The van der Waals surface area contributed by atoms with Crippen LogP contribution in [0.1, 0.15) is 13.8 Å². The maximum absolute atomic E-state index is 13.2. The second-order valence-corrected chi connectivity index (χ2v) is 48.8. The third kappa shape index (κ3) is 2.93. The summed E-state index contributed by atoms with van der Waals surface area (Å²) in [5.41, 5.74) is 0. The molecule has 0 aliphatic rings. The van der Waals surface area contributed by atoms with Gasteiger partial charge in [-0.25, -0.2) is 0 Å². The fourth-order valence-electron chi connectivity index (χ4n) is 4.75. The third-order valence-corrected chi connectivity index (χ3v) is 73.8. The van der Waals surface area contributed by atoms with E-state index in [1.807, 2.05) is 0 Å². The minimum atomic E-state index is -1.87. The van der Waals surface area contributed by atoms with Crippen LogP contribution in [-0.2, 0) is 5.21 Å². The summed E-state index contributed by atoms with van der Waals surface area (Å²) in [7, 11) is -4.37. The first kappa shape index (κ1) is 18.8. The average Bonchev–Trinajstić information content (AvgIpc) is 1.94. The van der Waals surface area contributed by atoms with Gasteiger partial charge >= 0.3 is 0 Å². The van der Waals surface area contributed by atoms with Crippen molar-refractivity contribution >= 4 is 29.6 Å². The molecule has 109 valence electrons. The standard InChI is InChI=1S/C12H34NOSi4/c1-12(2)13(14)18(15(3,4)5,16(6,7)8)17(9,10)11/h12H,1-11H3. The number of hydrogen-bond donors (Lipinski definition) is 0. The van der Waals surface area contributed by atoms with Crippen molar-refractivity contribution in [2.45, 2.75) is 78.8 Å². The molecule has 0 saturated carbocycles. The second kappa shape index (κ2) is 5.29. The largest absolute Gasteiger partial charge is 0.186 e. The Morgan fingerprint density at radius 1 is 0.667 bits per heavy atom. The zero-order valence-corrected chi connectivity index (χ0v) is 18.4. The first-order valence-corrected chi connectivity index (χ1v) is 22.5. The molecule has 0 fully saturated rings. The molecule has 0 aliphatic heterocycles.